The van der Waals surface area contributed by atoms with E-state index >= 15 is 0 Å². The molecular formula is C22H32FN3O2. The first kappa shape index (κ1) is 20.8. The normalized spacial score (nSPS) is 24.8. The van der Waals surface area contributed by atoms with Crippen LogP contribution in [0.1, 0.15) is 62.4 Å². The van der Waals surface area contributed by atoms with Gasteiger partial charge < -0.3 is 10.6 Å². The van der Waals surface area contributed by atoms with Gasteiger partial charge >= 0.3 is 0 Å². The number of carbonyl (C=O) groups excluding carboxylic acids is 2. The zero-order valence-electron chi connectivity index (χ0n) is 17.3. The second-order valence-electron chi connectivity index (χ2n) is 9.42. The molecule has 1 aromatic rings. The van der Waals surface area contributed by atoms with Gasteiger partial charge in [0, 0.05) is 29.7 Å². The Hall–Kier alpha value is -1.95. The molecule has 2 unspecified atom stereocenters. The fourth-order valence-corrected chi connectivity index (χ4v) is 4.64. The van der Waals surface area contributed by atoms with Gasteiger partial charge in [0.2, 0.25) is 5.91 Å². The number of nitrogens with zero attached hydrogens (tertiary/aromatic N) is 1. The summed E-state index contributed by atoms with van der Waals surface area (Å²) in [6.45, 7) is 8.82. The van der Waals surface area contributed by atoms with Crippen LogP contribution in [0.5, 0.6) is 0 Å². The third kappa shape index (κ3) is 5.31. The number of amides is 2. The molecule has 0 saturated carbocycles. The van der Waals surface area contributed by atoms with Crippen LogP contribution in [0.25, 0.3) is 0 Å². The summed E-state index contributed by atoms with van der Waals surface area (Å²) in [6.07, 6.45) is 4.20. The number of carbonyl (C=O) groups is 2. The fourth-order valence-electron chi connectivity index (χ4n) is 4.64. The lowest BCUT2D eigenvalue weighted by atomic mass is 9.90. The molecule has 2 bridgehead atoms. The predicted molar refractivity (Wildman–Crippen MR) is 108 cm³/mol. The van der Waals surface area contributed by atoms with Gasteiger partial charge in [-0.15, -0.1) is 0 Å². The molecule has 3 rings (SSSR count). The van der Waals surface area contributed by atoms with Crippen molar-refractivity contribution >= 4 is 11.8 Å². The van der Waals surface area contributed by atoms with E-state index < -0.39 is 0 Å². The number of halogens is 1. The minimum Gasteiger partial charge on any atom is -0.352 e. The Morgan fingerprint density at radius 3 is 2.36 bits per heavy atom. The van der Waals surface area contributed by atoms with E-state index in [-0.39, 0.29) is 23.2 Å². The van der Waals surface area contributed by atoms with Gasteiger partial charge in [-0.3, -0.25) is 14.5 Å². The van der Waals surface area contributed by atoms with Crippen molar-refractivity contribution < 1.29 is 14.0 Å². The van der Waals surface area contributed by atoms with Crippen molar-refractivity contribution in [2.45, 2.75) is 71.0 Å². The van der Waals surface area contributed by atoms with Gasteiger partial charge in [-0.2, -0.15) is 0 Å². The smallest absolute Gasteiger partial charge is 0.251 e. The number of hydrogen-bond donors (Lipinski definition) is 2. The molecule has 2 aliphatic heterocycles. The Bertz CT molecular complexity index is 710. The van der Waals surface area contributed by atoms with Gasteiger partial charge in [-0.25, -0.2) is 4.39 Å². The first-order valence-electron chi connectivity index (χ1n) is 10.2. The van der Waals surface area contributed by atoms with E-state index in [9.17, 15) is 14.0 Å². The summed E-state index contributed by atoms with van der Waals surface area (Å²) in [4.78, 5) is 27.0. The SMILES string of the molecule is Cc1cc(F)cc(C(=O)NCC2CC3CCC(C2)N3CC(=O)NC(C)(C)C)c1. The molecule has 28 heavy (non-hydrogen) atoms. The molecule has 0 aliphatic carbocycles. The van der Waals surface area contributed by atoms with Crippen LogP contribution in [-0.4, -0.2) is 47.4 Å². The highest BCUT2D eigenvalue weighted by atomic mass is 19.1. The molecule has 5 nitrogen and oxygen atoms in total. The van der Waals surface area contributed by atoms with Crippen molar-refractivity contribution in [2.24, 2.45) is 5.92 Å². The summed E-state index contributed by atoms with van der Waals surface area (Å²) in [5, 5.41) is 6.02. The Morgan fingerprint density at radius 2 is 1.79 bits per heavy atom. The highest BCUT2D eigenvalue weighted by Crippen LogP contribution is 2.38. The maximum atomic E-state index is 13.5. The summed E-state index contributed by atoms with van der Waals surface area (Å²) in [7, 11) is 0. The molecule has 6 heteroatoms. The maximum absolute atomic E-state index is 13.5. The number of piperidine rings is 1. The quantitative estimate of drug-likeness (QED) is 0.814. The van der Waals surface area contributed by atoms with Crippen molar-refractivity contribution in [3.8, 4) is 0 Å². The minimum absolute atomic E-state index is 0.0811. The van der Waals surface area contributed by atoms with Crippen LogP contribution in [0.2, 0.25) is 0 Å². The average molecular weight is 390 g/mol. The van der Waals surface area contributed by atoms with Gasteiger partial charge in [0.25, 0.3) is 5.91 Å². The molecule has 0 radical (unpaired) electrons. The van der Waals surface area contributed by atoms with Crippen LogP contribution < -0.4 is 10.6 Å². The van der Waals surface area contributed by atoms with E-state index in [0.717, 1.165) is 31.2 Å². The van der Waals surface area contributed by atoms with Crippen molar-refractivity contribution in [1.29, 1.82) is 0 Å². The number of rotatable bonds is 5. The van der Waals surface area contributed by atoms with Gasteiger partial charge in [0.1, 0.15) is 5.82 Å². The van der Waals surface area contributed by atoms with Crippen LogP contribution in [0, 0.1) is 18.7 Å². The van der Waals surface area contributed by atoms with Crippen molar-refractivity contribution in [3.63, 3.8) is 0 Å². The number of hydrogen-bond acceptors (Lipinski definition) is 3. The number of nitrogens with one attached hydrogen (secondary N) is 2. The summed E-state index contributed by atoms with van der Waals surface area (Å²) >= 11 is 0. The molecule has 154 valence electrons. The summed E-state index contributed by atoms with van der Waals surface area (Å²) in [5.74, 6) is -0.123. The second kappa shape index (κ2) is 8.19. The molecule has 2 heterocycles. The average Bonchev–Trinajstić information content (AvgIpc) is 2.79. The standard InChI is InChI=1S/C22H32FN3O2/c1-14-7-16(11-17(23)8-14)21(28)24-12-15-9-18-5-6-19(10-15)26(18)13-20(27)25-22(2,3)4/h7-8,11,15,18-19H,5-6,9-10,12-13H2,1-4H3,(H,24,28)(H,25,27). The van der Waals surface area contributed by atoms with Crippen molar-refractivity contribution in [1.82, 2.24) is 15.5 Å². The van der Waals surface area contributed by atoms with Crippen LogP contribution in [0.4, 0.5) is 4.39 Å². The highest BCUT2D eigenvalue weighted by molar-refractivity contribution is 5.94. The lowest BCUT2D eigenvalue weighted by Crippen LogP contribution is -2.52. The van der Waals surface area contributed by atoms with E-state index in [1.165, 1.54) is 12.1 Å². The van der Waals surface area contributed by atoms with Crippen LogP contribution in [0.3, 0.4) is 0 Å². The molecule has 2 N–H and O–H groups in total. The zero-order valence-corrected chi connectivity index (χ0v) is 17.3. The molecular weight excluding hydrogens is 357 g/mol. The highest BCUT2D eigenvalue weighted by Gasteiger charge is 2.41. The lowest BCUT2D eigenvalue weighted by Gasteiger charge is -2.39. The van der Waals surface area contributed by atoms with Gasteiger partial charge in [0.15, 0.2) is 0 Å². The van der Waals surface area contributed by atoms with Crippen molar-refractivity contribution in [3.05, 3.63) is 35.1 Å². The zero-order chi connectivity index (χ0) is 20.5. The van der Waals surface area contributed by atoms with E-state index in [1.54, 1.807) is 13.0 Å². The molecule has 0 spiro atoms. The third-order valence-corrected chi connectivity index (χ3v) is 5.68. The number of fused-ring (bicyclic) bond motifs is 2. The monoisotopic (exact) mass is 389 g/mol. The molecule has 2 fully saturated rings. The maximum Gasteiger partial charge on any atom is 0.251 e. The summed E-state index contributed by atoms with van der Waals surface area (Å²) in [6, 6.07) is 5.21. The molecule has 2 saturated heterocycles. The molecule has 0 aromatic heterocycles. The van der Waals surface area contributed by atoms with Gasteiger partial charge in [0.05, 0.1) is 6.54 Å². The Kier molecular flexibility index (Phi) is 6.08. The van der Waals surface area contributed by atoms with E-state index in [1.807, 2.05) is 20.8 Å². The van der Waals surface area contributed by atoms with Gasteiger partial charge in [-0.05, 0) is 83.1 Å². The predicted octanol–water partition coefficient (Wildman–Crippen LogP) is 3.02. The lowest BCUT2D eigenvalue weighted by molar-refractivity contribution is -0.125. The first-order valence-corrected chi connectivity index (χ1v) is 10.2. The molecule has 1 aromatic carbocycles. The van der Waals surface area contributed by atoms with E-state index in [2.05, 4.69) is 15.5 Å². The Balaban J connectivity index is 1.51. The fraction of sp³-hybridized carbons (Fsp3) is 0.636. The third-order valence-electron chi connectivity index (χ3n) is 5.68. The van der Waals surface area contributed by atoms with Crippen LogP contribution in [-0.2, 0) is 4.79 Å². The number of benzene rings is 1. The molecule has 2 amide bonds. The summed E-state index contributed by atoms with van der Waals surface area (Å²) in [5.41, 5.74) is 0.898. The van der Waals surface area contributed by atoms with Gasteiger partial charge in [-0.1, -0.05) is 0 Å². The minimum atomic E-state index is -0.384. The van der Waals surface area contributed by atoms with Crippen LogP contribution >= 0.6 is 0 Å². The first-order chi connectivity index (χ1) is 13.1. The Morgan fingerprint density at radius 1 is 1.14 bits per heavy atom. The van der Waals surface area contributed by atoms with Crippen LogP contribution in [0.15, 0.2) is 18.2 Å². The molecule has 2 atom stereocenters. The number of aryl methyl sites for hydroxylation is 1. The molecule has 2 aliphatic rings. The topological polar surface area (TPSA) is 61.4 Å². The summed E-state index contributed by atoms with van der Waals surface area (Å²) < 4.78 is 13.5. The van der Waals surface area contributed by atoms with Crippen molar-refractivity contribution in [2.75, 3.05) is 13.1 Å². The van der Waals surface area contributed by atoms with E-state index in [0.29, 0.717) is 36.7 Å². The van der Waals surface area contributed by atoms with E-state index in [4.69, 9.17) is 0 Å². The largest absolute Gasteiger partial charge is 0.352 e. The Labute approximate surface area is 167 Å². The second-order valence-corrected chi connectivity index (χ2v) is 9.42.